The number of allylic oxidation sites excluding steroid dienone is 2. The van der Waals surface area contributed by atoms with Crippen molar-refractivity contribution < 1.29 is 4.74 Å². The summed E-state index contributed by atoms with van der Waals surface area (Å²) < 4.78 is 5.20. The van der Waals surface area contributed by atoms with Gasteiger partial charge in [-0.3, -0.25) is 0 Å². The molecule has 76 valence electrons. The molecule has 0 aliphatic carbocycles. The van der Waals surface area contributed by atoms with Gasteiger partial charge in [-0.1, -0.05) is 26.0 Å². The molecule has 0 heterocycles. The highest BCUT2D eigenvalue weighted by molar-refractivity contribution is 5.33. The van der Waals surface area contributed by atoms with Crippen molar-refractivity contribution in [1.82, 2.24) is 0 Å². The smallest absolute Gasteiger partial charge is 0.215 e. The molecule has 0 aromatic carbocycles. The van der Waals surface area contributed by atoms with Crippen LogP contribution in [0.4, 0.5) is 0 Å². The van der Waals surface area contributed by atoms with Gasteiger partial charge in [-0.2, -0.15) is 0 Å². The van der Waals surface area contributed by atoms with Gasteiger partial charge in [-0.05, 0) is 27.5 Å². The second-order valence-corrected chi connectivity index (χ2v) is 2.30. The Hall–Kier alpha value is -1.05. The predicted octanol–water partition coefficient (Wildman–Crippen LogP) is 3.56. The fourth-order valence-electron chi connectivity index (χ4n) is 0.592. The summed E-state index contributed by atoms with van der Waals surface area (Å²) in [6.07, 6.45) is 0. The molecule has 0 radical (unpaired) electrons. The van der Waals surface area contributed by atoms with Gasteiger partial charge in [0.1, 0.15) is 0 Å². The van der Waals surface area contributed by atoms with E-state index in [-0.39, 0.29) is 0 Å². The summed E-state index contributed by atoms with van der Waals surface area (Å²) in [4.78, 5) is 3.75. The third-order valence-electron chi connectivity index (χ3n) is 1.39. The number of nitrogens with zero attached hydrogens (tertiary/aromatic N) is 1. The monoisotopic (exact) mass is 183 g/mol. The van der Waals surface area contributed by atoms with Crippen LogP contribution in [0.2, 0.25) is 0 Å². The number of aliphatic imine (C=N–C) groups is 1. The summed E-state index contributed by atoms with van der Waals surface area (Å²) in [5.74, 6) is 0.583. The van der Waals surface area contributed by atoms with Crippen molar-refractivity contribution in [3.05, 3.63) is 23.6 Å². The molecule has 0 saturated carbocycles. The van der Waals surface area contributed by atoms with Gasteiger partial charge in [0.2, 0.25) is 5.88 Å². The van der Waals surface area contributed by atoms with Gasteiger partial charge in [0.05, 0.1) is 6.61 Å². The standard InChI is InChI=1S/C9H15NO.C2H6/c1-6-11-9(10-5)8(4)7(2)3;1-2/h2,5-6H2,1,3-4H3;1-2H3/b9-8+;. The molecular formula is C11H21NO. The van der Waals surface area contributed by atoms with Crippen molar-refractivity contribution >= 4 is 6.72 Å². The zero-order valence-corrected chi connectivity index (χ0v) is 9.48. The molecule has 13 heavy (non-hydrogen) atoms. The van der Waals surface area contributed by atoms with Crippen LogP contribution in [-0.4, -0.2) is 13.3 Å². The Kier molecular flexibility index (Phi) is 10.1. The summed E-state index contributed by atoms with van der Waals surface area (Å²) in [6, 6.07) is 0. The molecule has 0 N–H and O–H groups in total. The van der Waals surface area contributed by atoms with Crippen molar-refractivity contribution in [3.8, 4) is 0 Å². The van der Waals surface area contributed by atoms with Crippen LogP contribution in [0.15, 0.2) is 28.6 Å². The fourth-order valence-corrected chi connectivity index (χ4v) is 0.592. The summed E-state index contributed by atoms with van der Waals surface area (Å²) in [7, 11) is 0. The lowest BCUT2D eigenvalue weighted by atomic mass is 10.2. The average molecular weight is 183 g/mol. The molecule has 0 amide bonds. The highest BCUT2D eigenvalue weighted by Crippen LogP contribution is 2.13. The molecule has 0 atom stereocenters. The van der Waals surface area contributed by atoms with Crippen molar-refractivity contribution in [1.29, 1.82) is 0 Å². The fraction of sp³-hybridized carbons (Fsp3) is 0.545. The molecule has 0 fully saturated rings. The minimum Gasteiger partial charge on any atom is -0.478 e. The highest BCUT2D eigenvalue weighted by atomic mass is 16.5. The quantitative estimate of drug-likeness (QED) is 0.371. The Balaban J connectivity index is 0. The van der Waals surface area contributed by atoms with Crippen LogP contribution in [0.1, 0.15) is 34.6 Å². The van der Waals surface area contributed by atoms with Gasteiger partial charge in [0.15, 0.2) is 0 Å². The first-order valence-corrected chi connectivity index (χ1v) is 4.59. The number of hydrogen-bond acceptors (Lipinski definition) is 2. The normalized spacial score (nSPS) is 10.5. The predicted molar refractivity (Wildman–Crippen MR) is 60.0 cm³/mol. The Morgan fingerprint density at radius 2 is 1.77 bits per heavy atom. The van der Waals surface area contributed by atoms with Gasteiger partial charge in [-0.15, -0.1) is 0 Å². The second kappa shape index (κ2) is 9.04. The zero-order valence-electron chi connectivity index (χ0n) is 9.48. The van der Waals surface area contributed by atoms with Crippen molar-refractivity contribution in [2.45, 2.75) is 34.6 Å². The first-order chi connectivity index (χ1) is 6.13. The van der Waals surface area contributed by atoms with Gasteiger partial charge in [0.25, 0.3) is 0 Å². The van der Waals surface area contributed by atoms with Crippen molar-refractivity contribution in [2.24, 2.45) is 4.99 Å². The molecule has 0 aromatic rings. The van der Waals surface area contributed by atoms with Crippen LogP contribution in [0.5, 0.6) is 0 Å². The number of hydrogen-bond donors (Lipinski definition) is 0. The molecule has 0 rings (SSSR count). The maximum Gasteiger partial charge on any atom is 0.215 e. The second-order valence-electron chi connectivity index (χ2n) is 2.30. The molecule has 0 spiro atoms. The SMILES string of the molecule is C=N/C(OCC)=C(/C)C(=C)C.CC. The van der Waals surface area contributed by atoms with Crippen molar-refractivity contribution in [2.75, 3.05) is 6.61 Å². The summed E-state index contributed by atoms with van der Waals surface area (Å²) >= 11 is 0. The average Bonchev–Trinajstić information content (AvgIpc) is 2.16. The largest absolute Gasteiger partial charge is 0.478 e. The highest BCUT2D eigenvalue weighted by Gasteiger charge is 2.00. The maximum absolute atomic E-state index is 5.20. The van der Waals surface area contributed by atoms with Crippen LogP contribution < -0.4 is 0 Å². The molecular weight excluding hydrogens is 162 g/mol. The molecule has 0 aliphatic heterocycles. The van der Waals surface area contributed by atoms with E-state index in [1.807, 2.05) is 34.6 Å². The van der Waals surface area contributed by atoms with E-state index >= 15 is 0 Å². The van der Waals surface area contributed by atoms with Gasteiger partial charge >= 0.3 is 0 Å². The van der Waals surface area contributed by atoms with E-state index in [9.17, 15) is 0 Å². The van der Waals surface area contributed by atoms with E-state index in [2.05, 4.69) is 18.3 Å². The Morgan fingerprint density at radius 3 is 2.00 bits per heavy atom. The van der Waals surface area contributed by atoms with E-state index in [1.54, 1.807) is 0 Å². The van der Waals surface area contributed by atoms with Crippen LogP contribution in [0, 0.1) is 0 Å². The summed E-state index contributed by atoms with van der Waals surface area (Å²) in [5, 5.41) is 0. The van der Waals surface area contributed by atoms with E-state index in [0.29, 0.717) is 12.5 Å². The van der Waals surface area contributed by atoms with Crippen LogP contribution in [0.3, 0.4) is 0 Å². The molecule has 0 saturated heterocycles. The van der Waals surface area contributed by atoms with Crippen molar-refractivity contribution in [3.63, 3.8) is 0 Å². The lowest BCUT2D eigenvalue weighted by Crippen LogP contribution is -1.93. The maximum atomic E-state index is 5.20. The first-order valence-electron chi connectivity index (χ1n) is 4.59. The molecule has 0 aromatic heterocycles. The number of rotatable bonds is 4. The molecule has 2 nitrogen and oxygen atoms in total. The van der Waals surface area contributed by atoms with Gasteiger partial charge in [0, 0.05) is 5.57 Å². The first kappa shape index (κ1) is 14.5. The van der Waals surface area contributed by atoms with Crippen LogP contribution >= 0.6 is 0 Å². The molecule has 2 heteroatoms. The Morgan fingerprint density at radius 1 is 1.31 bits per heavy atom. The summed E-state index contributed by atoms with van der Waals surface area (Å²) in [6.45, 7) is 17.5. The number of ether oxygens (including phenoxy) is 1. The molecule has 0 unspecified atom stereocenters. The van der Waals surface area contributed by atoms with E-state index in [4.69, 9.17) is 4.74 Å². The third kappa shape index (κ3) is 6.14. The lowest BCUT2D eigenvalue weighted by molar-refractivity contribution is 0.224. The summed E-state index contributed by atoms with van der Waals surface area (Å²) in [5.41, 5.74) is 1.92. The minimum absolute atomic E-state index is 0.583. The van der Waals surface area contributed by atoms with Gasteiger partial charge in [-0.25, -0.2) is 4.99 Å². The molecule has 0 bridgehead atoms. The van der Waals surface area contributed by atoms with Crippen LogP contribution in [0.25, 0.3) is 0 Å². The van der Waals surface area contributed by atoms with Crippen LogP contribution in [-0.2, 0) is 4.74 Å². The lowest BCUT2D eigenvalue weighted by Gasteiger charge is -2.06. The molecule has 0 aliphatic rings. The topological polar surface area (TPSA) is 21.6 Å². The van der Waals surface area contributed by atoms with E-state index in [0.717, 1.165) is 11.1 Å². The van der Waals surface area contributed by atoms with Gasteiger partial charge < -0.3 is 4.74 Å². The van der Waals surface area contributed by atoms with E-state index in [1.165, 1.54) is 0 Å². The minimum atomic E-state index is 0.583. The Labute approximate surface area is 82.0 Å². The Bertz CT molecular complexity index is 192. The van der Waals surface area contributed by atoms with E-state index < -0.39 is 0 Å². The third-order valence-corrected chi connectivity index (χ3v) is 1.39. The zero-order chi connectivity index (χ0) is 10.9.